The number of carbonyl (C=O) groups excluding carboxylic acids is 2. The number of anilines is 2. The van der Waals surface area contributed by atoms with Crippen LogP contribution in [0.3, 0.4) is 0 Å². The minimum absolute atomic E-state index is 0.0641. The summed E-state index contributed by atoms with van der Waals surface area (Å²) >= 11 is 6.15. The molecule has 0 aliphatic rings. The highest BCUT2D eigenvalue weighted by Gasteiger charge is 2.28. The van der Waals surface area contributed by atoms with Crippen LogP contribution in [0.4, 0.5) is 11.4 Å². The Morgan fingerprint density at radius 3 is 2.14 bits per heavy atom. The topological polar surface area (TPSA) is 83.6 Å². The smallest absolute Gasteiger partial charge is 0.264 e. The van der Waals surface area contributed by atoms with Crippen molar-refractivity contribution in [2.75, 3.05) is 16.2 Å². The van der Waals surface area contributed by atoms with E-state index in [1.165, 1.54) is 24.3 Å². The number of hydrogen-bond acceptors (Lipinski definition) is 4. The van der Waals surface area contributed by atoms with Crippen LogP contribution in [0, 0.1) is 13.8 Å². The molecule has 0 bridgehead atoms. The molecule has 0 saturated heterocycles. The van der Waals surface area contributed by atoms with E-state index in [9.17, 15) is 18.0 Å². The van der Waals surface area contributed by atoms with Crippen molar-refractivity contribution >= 4 is 44.7 Å². The first kappa shape index (κ1) is 26.1. The Labute approximate surface area is 221 Å². The van der Waals surface area contributed by atoms with Crippen LogP contribution in [0.1, 0.15) is 27.0 Å². The zero-order valence-electron chi connectivity index (χ0n) is 20.3. The molecule has 188 valence electrons. The van der Waals surface area contributed by atoms with E-state index in [-0.39, 0.29) is 21.9 Å². The van der Waals surface area contributed by atoms with Gasteiger partial charge in [-0.25, -0.2) is 8.42 Å². The van der Waals surface area contributed by atoms with Gasteiger partial charge in [-0.05, 0) is 55.8 Å². The third-order valence-corrected chi connectivity index (χ3v) is 7.78. The molecule has 37 heavy (non-hydrogen) atoms. The molecule has 1 N–H and O–H groups in total. The first-order chi connectivity index (χ1) is 17.7. The molecule has 8 heteroatoms. The summed E-state index contributed by atoms with van der Waals surface area (Å²) in [5.41, 5.74) is 2.94. The van der Waals surface area contributed by atoms with Crippen molar-refractivity contribution in [2.45, 2.75) is 18.7 Å². The molecule has 4 aromatic rings. The summed E-state index contributed by atoms with van der Waals surface area (Å²) in [6.45, 7) is 3.21. The largest absolute Gasteiger partial charge is 0.324 e. The van der Waals surface area contributed by atoms with Gasteiger partial charge in [0, 0.05) is 16.1 Å². The number of carbonyl (C=O) groups is 2. The van der Waals surface area contributed by atoms with E-state index in [1.54, 1.807) is 73.7 Å². The maximum Gasteiger partial charge on any atom is 0.264 e. The Kier molecular flexibility index (Phi) is 7.76. The van der Waals surface area contributed by atoms with Crippen LogP contribution in [0.15, 0.2) is 102 Å². The van der Waals surface area contributed by atoms with Crippen LogP contribution in [-0.2, 0) is 14.8 Å². The second-order valence-corrected chi connectivity index (χ2v) is 10.8. The summed E-state index contributed by atoms with van der Waals surface area (Å²) in [4.78, 5) is 26.5. The molecule has 0 fully saturated rings. The maximum absolute atomic E-state index is 13.6. The van der Waals surface area contributed by atoms with Gasteiger partial charge in [-0.1, -0.05) is 77.8 Å². The van der Waals surface area contributed by atoms with Crippen molar-refractivity contribution in [3.8, 4) is 0 Å². The SMILES string of the molecule is Cc1ccc(N(CC(=O)Nc2ccc(Cl)cc2C(=O)c2ccccc2)S(=O)(=O)c2ccccc2)c(C)c1. The molecule has 0 aliphatic carbocycles. The molecule has 1 amide bonds. The second kappa shape index (κ2) is 11.0. The van der Waals surface area contributed by atoms with Crippen LogP contribution in [-0.4, -0.2) is 26.7 Å². The van der Waals surface area contributed by atoms with Crippen LogP contribution in [0.5, 0.6) is 0 Å². The number of ketones is 1. The summed E-state index contributed by atoms with van der Waals surface area (Å²) < 4.78 is 28.4. The van der Waals surface area contributed by atoms with Gasteiger partial charge < -0.3 is 5.32 Å². The summed E-state index contributed by atoms with van der Waals surface area (Å²) in [5, 5.41) is 3.05. The summed E-state index contributed by atoms with van der Waals surface area (Å²) in [6.07, 6.45) is 0. The summed E-state index contributed by atoms with van der Waals surface area (Å²) in [6, 6.07) is 26.5. The van der Waals surface area contributed by atoms with Crippen LogP contribution < -0.4 is 9.62 Å². The number of rotatable bonds is 8. The van der Waals surface area contributed by atoms with E-state index >= 15 is 0 Å². The minimum atomic E-state index is -4.07. The average Bonchev–Trinajstić information content (AvgIpc) is 2.89. The third kappa shape index (κ3) is 5.90. The lowest BCUT2D eigenvalue weighted by atomic mass is 10.0. The normalized spacial score (nSPS) is 11.1. The van der Waals surface area contributed by atoms with Crippen molar-refractivity contribution in [1.29, 1.82) is 0 Å². The molecular weight excluding hydrogens is 508 g/mol. The molecule has 4 rings (SSSR count). The molecule has 0 spiro atoms. The zero-order chi connectivity index (χ0) is 26.6. The average molecular weight is 533 g/mol. The van der Waals surface area contributed by atoms with Crippen molar-refractivity contribution in [2.24, 2.45) is 0 Å². The molecule has 4 aromatic carbocycles. The highest BCUT2D eigenvalue weighted by atomic mass is 35.5. The lowest BCUT2D eigenvalue weighted by Crippen LogP contribution is -2.38. The van der Waals surface area contributed by atoms with Gasteiger partial charge in [-0.3, -0.25) is 13.9 Å². The molecule has 0 aromatic heterocycles. The van der Waals surface area contributed by atoms with E-state index in [0.717, 1.165) is 9.87 Å². The standard InChI is InChI=1S/C29H25ClN2O4S/c1-20-13-16-27(21(2)17-20)32(37(35,36)24-11-7-4-8-12-24)19-28(33)31-26-15-14-23(30)18-25(26)29(34)22-9-5-3-6-10-22/h3-18H,19H2,1-2H3,(H,31,33). The lowest BCUT2D eigenvalue weighted by molar-refractivity contribution is -0.114. The van der Waals surface area contributed by atoms with Crippen molar-refractivity contribution in [3.05, 3.63) is 124 Å². The predicted molar refractivity (Wildman–Crippen MR) is 147 cm³/mol. The number of nitrogens with one attached hydrogen (secondary N) is 1. The van der Waals surface area contributed by atoms with Crippen LogP contribution >= 0.6 is 11.6 Å². The molecular formula is C29H25ClN2O4S. The van der Waals surface area contributed by atoms with Gasteiger partial charge in [0.1, 0.15) is 6.54 Å². The first-order valence-corrected chi connectivity index (χ1v) is 13.3. The van der Waals surface area contributed by atoms with Gasteiger partial charge >= 0.3 is 0 Å². The number of benzene rings is 4. The summed E-state index contributed by atoms with van der Waals surface area (Å²) in [5.74, 6) is -0.926. The number of amides is 1. The Morgan fingerprint density at radius 2 is 1.49 bits per heavy atom. The Balaban J connectivity index is 1.69. The van der Waals surface area contributed by atoms with Gasteiger partial charge in [0.25, 0.3) is 10.0 Å². The monoisotopic (exact) mass is 532 g/mol. The van der Waals surface area contributed by atoms with Crippen LogP contribution in [0.2, 0.25) is 5.02 Å². The lowest BCUT2D eigenvalue weighted by Gasteiger charge is -2.26. The fourth-order valence-electron chi connectivity index (χ4n) is 3.98. The summed E-state index contributed by atoms with van der Waals surface area (Å²) in [7, 11) is -4.07. The molecule has 6 nitrogen and oxygen atoms in total. The molecule has 0 atom stereocenters. The Morgan fingerprint density at radius 1 is 0.838 bits per heavy atom. The van der Waals surface area contributed by atoms with Crippen LogP contribution in [0.25, 0.3) is 0 Å². The highest BCUT2D eigenvalue weighted by Crippen LogP contribution is 2.28. The Bertz CT molecular complexity index is 1560. The molecule has 0 heterocycles. The quantitative estimate of drug-likeness (QED) is 0.281. The van der Waals surface area contributed by atoms with E-state index in [2.05, 4.69) is 5.32 Å². The minimum Gasteiger partial charge on any atom is -0.324 e. The number of nitrogens with zero attached hydrogens (tertiary/aromatic N) is 1. The van der Waals surface area contributed by atoms with Gasteiger partial charge in [-0.15, -0.1) is 0 Å². The fourth-order valence-corrected chi connectivity index (χ4v) is 5.66. The predicted octanol–water partition coefficient (Wildman–Crippen LogP) is 6.02. The number of aryl methyl sites for hydroxylation is 2. The number of sulfonamides is 1. The highest BCUT2D eigenvalue weighted by molar-refractivity contribution is 7.92. The molecule has 0 aliphatic heterocycles. The first-order valence-electron chi connectivity index (χ1n) is 11.5. The maximum atomic E-state index is 13.6. The zero-order valence-corrected chi connectivity index (χ0v) is 21.9. The second-order valence-electron chi connectivity index (χ2n) is 8.55. The fraction of sp³-hybridized carbons (Fsp3) is 0.103. The van der Waals surface area contributed by atoms with E-state index < -0.39 is 22.5 Å². The number of halogens is 1. The van der Waals surface area contributed by atoms with E-state index in [4.69, 9.17) is 11.6 Å². The van der Waals surface area contributed by atoms with Crippen molar-refractivity contribution in [1.82, 2.24) is 0 Å². The van der Waals surface area contributed by atoms with Gasteiger partial charge in [0.05, 0.1) is 16.3 Å². The van der Waals surface area contributed by atoms with E-state index in [1.807, 2.05) is 13.0 Å². The number of hydrogen-bond donors (Lipinski definition) is 1. The molecule has 0 saturated carbocycles. The molecule has 0 radical (unpaired) electrons. The van der Waals surface area contributed by atoms with Crippen molar-refractivity contribution in [3.63, 3.8) is 0 Å². The van der Waals surface area contributed by atoms with Crippen molar-refractivity contribution < 1.29 is 18.0 Å². The van der Waals surface area contributed by atoms with E-state index in [0.29, 0.717) is 21.8 Å². The van der Waals surface area contributed by atoms with Gasteiger partial charge in [-0.2, -0.15) is 0 Å². The van der Waals surface area contributed by atoms with Gasteiger partial charge in [0.2, 0.25) is 5.91 Å². The van der Waals surface area contributed by atoms with Gasteiger partial charge in [0.15, 0.2) is 5.78 Å². The third-order valence-electron chi connectivity index (χ3n) is 5.78. The Hall–Kier alpha value is -3.94. The molecule has 0 unspecified atom stereocenters.